The van der Waals surface area contributed by atoms with Gasteiger partial charge in [0.1, 0.15) is 16.9 Å². The fourth-order valence-corrected chi connectivity index (χ4v) is 5.49. The van der Waals surface area contributed by atoms with Crippen LogP contribution in [0, 0.1) is 17.1 Å². The van der Waals surface area contributed by atoms with Gasteiger partial charge in [-0.15, -0.1) is 11.8 Å². The van der Waals surface area contributed by atoms with Crippen molar-refractivity contribution in [2.75, 3.05) is 5.32 Å². The van der Waals surface area contributed by atoms with E-state index in [1.165, 1.54) is 24.3 Å². The van der Waals surface area contributed by atoms with Gasteiger partial charge in [0, 0.05) is 11.4 Å². The molecule has 0 amide bonds. The van der Waals surface area contributed by atoms with Crippen LogP contribution in [0.15, 0.2) is 93.7 Å². The molecule has 7 heteroatoms. The quantitative estimate of drug-likeness (QED) is 0.431. The predicted octanol–water partition coefficient (Wildman–Crippen LogP) is 5.90. The molecular formula is C24H21FN2O2S2. The van der Waals surface area contributed by atoms with E-state index in [0.29, 0.717) is 11.3 Å². The summed E-state index contributed by atoms with van der Waals surface area (Å²) in [5.41, 5.74) is 2.39. The van der Waals surface area contributed by atoms with Gasteiger partial charge in [-0.3, -0.25) is 0 Å². The summed E-state index contributed by atoms with van der Waals surface area (Å²) in [6.07, 6.45) is 0.734. The van der Waals surface area contributed by atoms with Crippen molar-refractivity contribution >= 4 is 27.3 Å². The normalized spacial score (nSPS) is 12.0. The van der Waals surface area contributed by atoms with Gasteiger partial charge in [0.15, 0.2) is 4.91 Å². The first-order valence-electron chi connectivity index (χ1n) is 9.62. The fourth-order valence-electron chi connectivity index (χ4n) is 2.96. The summed E-state index contributed by atoms with van der Waals surface area (Å²) in [6.45, 7) is 2.00. The summed E-state index contributed by atoms with van der Waals surface area (Å²) < 4.78 is 40.0. The molecule has 1 N–H and O–H groups in total. The molecule has 0 fully saturated rings. The van der Waals surface area contributed by atoms with Crippen molar-refractivity contribution in [2.24, 2.45) is 0 Å². The highest BCUT2D eigenvalue weighted by atomic mass is 32.2. The number of benzene rings is 3. The molecule has 0 aliphatic rings. The zero-order valence-electron chi connectivity index (χ0n) is 16.9. The molecule has 3 aromatic rings. The van der Waals surface area contributed by atoms with Crippen molar-refractivity contribution in [3.8, 4) is 6.07 Å². The van der Waals surface area contributed by atoms with Crippen molar-refractivity contribution in [2.45, 2.75) is 24.0 Å². The van der Waals surface area contributed by atoms with Crippen LogP contribution in [0.5, 0.6) is 0 Å². The van der Waals surface area contributed by atoms with E-state index in [1.807, 2.05) is 37.3 Å². The third kappa shape index (κ3) is 5.54. The number of halogens is 1. The molecule has 0 aliphatic carbocycles. The van der Waals surface area contributed by atoms with Crippen molar-refractivity contribution < 1.29 is 12.8 Å². The number of rotatable bonds is 8. The summed E-state index contributed by atoms with van der Waals surface area (Å²) >= 11 is 1.15. The number of sulfone groups is 1. The predicted molar refractivity (Wildman–Crippen MR) is 123 cm³/mol. The Morgan fingerprint density at radius 2 is 1.74 bits per heavy atom. The Morgan fingerprint density at radius 1 is 1.03 bits per heavy atom. The summed E-state index contributed by atoms with van der Waals surface area (Å²) in [5.74, 6) is -0.0746. The smallest absolute Gasteiger partial charge is 0.219 e. The summed E-state index contributed by atoms with van der Waals surface area (Å²) in [4.78, 5) is -0.327. The lowest BCUT2D eigenvalue weighted by Gasteiger charge is -2.16. The number of hydrogen-bond donors (Lipinski definition) is 1. The highest BCUT2D eigenvalue weighted by molar-refractivity contribution is 8.04. The molecule has 0 saturated heterocycles. The van der Waals surface area contributed by atoms with Gasteiger partial charge >= 0.3 is 0 Å². The second-order valence-corrected chi connectivity index (χ2v) is 9.51. The first kappa shape index (κ1) is 22.6. The van der Waals surface area contributed by atoms with Crippen LogP contribution in [0.4, 0.5) is 10.1 Å². The van der Waals surface area contributed by atoms with E-state index >= 15 is 0 Å². The van der Waals surface area contributed by atoms with E-state index in [1.54, 1.807) is 30.3 Å². The Kier molecular flexibility index (Phi) is 7.50. The van der Waals surface area contributed by atoms with E-state index in [2.05, 4.69) is 5.32 Å². The third-order valence-corrected chi connectivity index (χ3v) is 7.48. The van der Waals surface area contributed by atoms with E-state index in [-0.39, 0.29) is 20.6 Å². The first-order valence-corrected chi connectivity index (χ1v) is 12.1. The fraction of sp³-hybridized carbons (Fsp3) is 0.125. The Morgan fingerprint density at radius 3 is 2.42 bits per heavy atom. The van der Waals surface area contributed by atoms with Crippen LogP contribution in [0.25, 0.3) is 0 Å². The van der Waals surface area contributed by atoms with Gasteiger partial charge < -0.3 is 5.32 Å². The molecule has 0 aliphatic heterocycles. The lowest BCUT2D eigenvalue weighted by Crippen LogP contribution is -2.11. The number of thioether (sulfide) groups is 1. The van der Waals surface area contributed by atoms with Crippen LogP contribution in [0.2, 0.25) is 0 Å². The van der Waals surface area contributed by atoms with Gasteiger partial charge in [-0.2, -0.15) is 5.26 Å². The molecule has 158 valence electrons. The average Bonchev–Trinajstić information content (AvgIpc) is 2.78. The maximum Gasteiger partial charge on any atom is 0.219 e. The van der Waals surface area contributed by atoms with E-state index in [4.69, 9.17) is 0 Å². The number of nitriles is 1. The molecule has 0 atom stereocenters. The second kappa shape index (κ2) is 10.3. The van der Waals surface area contributed by atoms with E-state index in [9.17, 15) is 18.1 Å². The Balaban J connectivity index is 2.07. The minimum atomic E-state index is -4.04. The lowest BCUT2D eigenvalue weighted by molar-refractivity contribution is 0.603. The average molecular weight is 453 g/mol. The SMILES string of the molecule is CCc1ccccc1NC(SCc1cccc(F)c1)=C(C#N)S(=O)(=O)c1ccccc1. The van der Waals surface area contributed by atoms with Gasteiger partial charge in [-0.05, 0) is 47.9 Å². The Hall–Kier alpha value is -3.08. The molecule has 4 nitrogen and oxygen atoms in total. The zero-order chi connectivity index (χ0) is 22.3. The van der Waals surface area contributed by atoms with Crippen LogP contribution in [0.3, 0.4) is 0 Å². The van der Waals surface area contributed by atoms with Crippen LogP contribution in [-0.4, -0.2) is 8.42 Å². The molecule has 0 spiro atoms. The molecule has 0 unspecified atom stereocenters. The maximum absolute atomic E-state index is 13.6. The van der Waals surface area contributed by atoms with Crippen LogP contribution >= 0.6 is 11.8 Å². The second-order valence-electron chi connectivity index (χ2n) is 6.64. The molecule has 0 radical (unpaired) electrons. The maximum atomic E-state index is 13.6. The standard InChI is InChI=1S/C24H21FN2O2S2/c1-2-19-10-6-7-14-22(19)27-24(30-17-18-9-8-11-20(25)15-18)23(16-26)31(28,29)21-12-4-3-5-13-21/h3-15,27H,2,17H2,1H3. The largest absolute Gasteiger partial charge is 0.348 e. The summed E-state index contributed by atoms with van der Waals surface area (Å²) in [5, 5.41) is 13.2. The number of hydrogen-bond acceptors (Lipinski definition) is 5. The topological polar surface area (TPSA) is 70.0 Å². The van der Waals surface area contributed by atoms with E-state index < -0.39 is 9.84 Å². The van der Waals surface area contributed by atoms with Crippen molar-refractivity contribution in [3.63, 3.8) is 0 Å². The van der Waals surface area contributed by atoms with Crippen molar-refractivity contribution in [1.82, 2.24) is 0 Å². The number of para-hydroxylation sites is 1. The molecule has 0 bridgehead atoms. The van der Waals surface area contributed by atoms with Crippen molar-refractivity contribution in [3.05, 3.63) is 106 Å². The number of allylic oxidation sites excluding steroid dienone is 1. The Labute approximate surface area is 186 Å². The van der Waals surface area contributed by atoms with Crippen LogP contribution < -0.4 is 5.32 Å². The van der Waals surface area contributed by atoms with Gasteiger partial charge in [0.05, 0.1) is 4.90 Å². The van der Waals surface area contributed by atoms with Gasteiger partial charge in [-0.25, -0.2) is 12.8 Å². The molecule has 0 aromatic heterocycles. The number of aryl methyl sites for hydroxylation is 1. The van der Waals surface area contributed by atoms with Gasteiger partial charge in [0.2, 0.25) is 9.84 Å². The summed E-state index contributed by atoms with van der Waals surface area (Å²) in [6, 6.07) is 23.4. The monoisotopic (exact) mass is 452 g/mol. The van der Waals surface area contributed by atoms with Crippen LogP contribution in [-0.2, 0) is 22.0 Å². The molecule has 0 saturated carbocycles. The molecule has 0 heterocycles. The van der Waals surface area contributed by atoms with E-state index in [0.717, 1.165) is 29.4 Å². The molecule has 3 rings (SSSR count). The molecule has 3 aromatic carbocycles. The highest BCUT2D eigenvalue weighted by Crippen LogP contribution is 2.32. The van der Waals surface area contributed by atoms with Crippen LogP contribution in [0.1, 0.15) is 18.1 Å². The Bertz CT molecular complexity index is 1230. The lowest BCUT2D eigenvalue weighted by atomic mass is 10.1. The minimum Gasteiger partial charge on any atom is -0.348 e. The summed E-state index contributed by atoms with van der Waals surface area (Å²) in [7, 11) is -4.04. The van der Waals surface area contributed by atoms with Gasteiger partial charge in [-0.1, -0.05) is 55.5 Å². The zero-order valence-corrected chi connectivity index (χ0v) is 18.5. The van der Waals surface area contributed by atoms with Crippen molar-refractivity contribution in [1.29, 1.82) is 5.26 Å². The molecular weight excluding hydrogens is 431 g/mol. The molecule has 31 heavy (non-hydrogen) atoms. The third-order valence-electron chi connectivity index (χ3n) is 4.55. The first-order chi connectivity index (χ1) is 15.0. The minimum absolute atomic E-state index is 0.0426. The number of nitrogens with zero attached hydrogens (tertiary/aromatic N) is 1. The number of anilines is 1. The number of nitrogens with one attached hydrogen (secondary N) is 1. The highest BCUT2D eigenvalue weighted by Gasteiger charge is 2.25. The van der Waals surface area contributed by atoms with Gasteiger partial charge in [0.25, 0.3) is 0 Å².